The van der Waals surface area contributed by atoms with Crippen molar-refractivity contribution in [1.29, 1.82) is 0 Å². The average Bonchev–Trinajstić information content (AvgIpc) is 3.23. The normalized spacial score (nSPS) is 20.6. The number of carbonyl (C=O) groups excluding carboxylic acids is 1. The van der Waals surface area contributed by atoms with Crippen LogP contribution in [0.2, 0.25) is 0 Å². The van der Waals surface area contributed by atoms with Gasteiger partial charge in [0.05, 0.1) is 28.8 Å². The lowest BCUT2D eigenvalue weighted by molar-refractivity contribution is -0.118. The van der Waals surface area contributed by atoms with Crippen LogP contribution in [0.15, 0.2) is 23.1 Å². The minimum Gasteiger partial charge on any atom is -0.378 e. The van der Waals surface area contributed by atoms with Crippen LogP contribution in [0.1, 0.15) is 52.4 Å². The second-order valence-electron chi connectivity index (χ2n) is 7.70. The SMILES string of the molecule is CCN(CC)c1ccc(S(=O)(=O)N2CCCCC2)cc1NC(=O)CC1CCCO1. The molecule has 2 fully saturated rings. The summed E-state index contributed by atoms with van der Waals surface area (Å²) < 4.78 is 33.3. The van der Waals surface area contributed by atoms with Gasteiger partial charge in [0.25, 0.3) is 0 Å². The van der Waals surface area contributed by atoms with Gasteiger partial charge in [-0.2, -0.15) is 4.31 Å². The zero-order valence-electron chi connectivity index (χ0n) is 17.5. The van der Waals surface area contributed by atoms with E-state index < -0.39 is 10.0 Å². The van der Waals surface area contributed by atoms with Crippen molar-refractivity contribution < 1.29 is 17.9 Å². The molecule has 162 valence electrons. The van der Waals surface area contributed by atoms with E-state index in [1.165, 1.54) is 0 Å². The quantitative estimate of drug-likeness (QED) is 0.695. The summed E-state index contributed by atoms with van der Waals surface area (Å²) in [5, 5.41) is 2.96. The fourth-order valence-electron chi connectivity index (χ4n) is 4.08. The lowest BCUT2D eigenvalue weighted by atomic mass is 10.1. The Bertz CT molecular complexity index is 796. The van der Waals surface area contributed by atoms with E-state index in [1.54, 1.807) is 16.4 Å². The molecule has 1 amide bonds. The summed E-state index contributed by atoms with van der Waals surface area (Å²) in [6.45, 7) is 7.43. The van der Waals surface area contributed by atoms with Crippen molar-refractivity contribution in [3.05, 3.63) is 18.2 Å². The first-order valence-electron chi connectivity index (χ1n) is 10.8. The standard InChI is InChI=1S/C21H33N3O4S/c1-3-23(4-2)20-11-10-18(29(26,27)24-12-6-5-7-13-24)16-19(20)22-21(25)15-17-9-8-14-28-17/h10-11,16-17H,3-9,12-15H2,1-2H3,(H,22,25). The molecule has 7 nitrogen and oxygen atoms in total. The number of rotatable bonds is 8. The molecule has 3 rings (SSSR count). The minimum absolute atomic E-state index is 0.0489. The minimum atomic E-state index is -3.56. The third-order valence-electron chi connectivity index (χ3n) is 5.74. The first kappa shape index (κ1) is 22.1. The predicted octanol–water partition coefficient (Wildman–Crippen LogP) is 3.22. The lowest BCUT2D eigenvalue weighted by Crippen LogP contribution is -2.35. The molecular weight excluding hydrogens is 390 g/mol. The molecule has 1 atom stereocenters. The highest BCUT2D eigenvalue weighted by Gasteiger charge is 2.27. The number of ether oxygens (including phenoxy) is 1. The van der Waals surface area contributed by atoms with Crippen LogP contribution in [0.25, 0.3) is 0 Å². The van der Waals surface area contributed by atoms with E-state index in [0.29, 0.717) is 31.8 Å². The van der Waals surface area contributed by atoms with Gasteiger partial charge in [0, 0.05) is 32.8 Å². The Morgan fingerprint density at radius 1 is 1.17 bits per heavy atom. The number of anilines is 2. The number of carbonyl (C=O) groups is 1. The maximum absolute atomic E-state index is 13.1. The smallest absolute Gasteiger partial charge is 0.243 e. The van der Waals surface area contributed by atoms with E-state index in [9.17, 15) is 13.2 Å². The third-order valence-corrected chi connectivity index (χ3v) is 7.63. The monoisotopic (exact) mass is 423 g/mol. The van der Waals surface area contributed by atoms with Crippen LogP contribution in [0.4, 0.5) is 11.4 Å². The fourth-order valence-corrected chi connectivity index (χ4v) is 5.63. The molecular formula is C21H33N3O4S. The molecule has 1 unspecified atom stereocenters. The van der Waals surface area contributed by atoms with Crippen molar-refractivity contribution in [3.63, 3.8) is 0 Å². The van der Waals surface area contributed by atoms with Gasteiger partial charge in [0.15, 0.2) is 0 Å². The summed E-state index contributed by atoms with van der Waals surface area (Å²) in [5.41, 5.74) is 1.39. The highest BCUT2D eigenvalue weighted by Crippen LogP contribution is 2.31. The number of piperidine rings is 1. The Morgan fingerprint density at radius 2 is 1.90 bits per heavy atom. The van der Waals surface area contributed by atoms with Crippen LogP contribution >= 0.6 is 0 Å². The molecule has 0 aliphatic carbocycles. The van der Waals surface area contributed by atoms with Crippen LogP contribution < -0.4 is 10.2 Å². The molecule has 0 saturated carbocycles. The van der Waals surface area contributed by atoms with E-state index in [1.807, 2.05) is 19.9 Å². The van der Waals surface area contributed by atoms with Gasteiger partial charge in [-0.25, -0.2) is 8.42 Å². The van der Waals surface area contributed by atoms with Gasteiger partial charge in [-0.3, -0.25) is 4.79 Å². The van der Waals surface area contributed by atoms with E-state index >= 15 is 0 Å². The molecule has 0 bridgehead atoms. The topological polar surface area (TPSA) is 79.0 Å². The second-order valence-corrected chi connectivity index (χ2v) is 9.64. The Kier molecular flexibility index (Phi) is 7.54. The zero-order chi connectivity index (χ0) is 20.9. The Hall–Kier alpha value is -1.64. The second kappa shape index (κ2) is 9.91. The number of hydrogen-bond acceptors (Lipinski definition) is 5. The van der Waals surface area contributed by atoms with Crippen molar-refractivity contribution in [2.45, 2.75) is 63.4 Å². The highest BCUT2D eigenvalue weighted by molar-refractivity contribution is 7.89. The first-order valence-corrected chi connectivity index (χ1v) is 12.2. The van der Waals surface area contributed by atoms with Crippen LogP contribution in [0.5, 0.6) is 0 Å². The molecule has 0 aromatic heterocycles. The summed E-state index contributed by atoms with van der Waals surface area (Å²) >= 11 is 0. The molecule has 2 saturated heterocycles. The van der Waals surface area contributed by atoms with E-state index in [-0.39, 0.29) is 16.9 Å². The average molecular weight is 424 g/mol. The summed E-state index contributed by atoms with van der Waals surface area (Å²) in [6, 6.07) is 5.09. The number of nitrogens with one attached hydrogen (secondary N) is 1. The summed E-state index contributed by atoms with van der Waals surface area (Å²) in [5.74, 6) is -0.141. The number of benzene rings is 1. The predicted molar refractivity (Wildman–Crippen MR) is 115 cm³/mol. The summed E-state index contributed by atoms with van der Waals surface area (Å²) in [4.78, 5) is 15.0. The largest absolute Gasteiger partial charge is 0.378 e. The van der Waals surface area contributed by atoms with Gasteiger partial charge in [-0.1, -0.05) is 6.42 Å². The van der Waals surface area contributed by atoms with Crippen molar-refractivity contribution in [2.24, 2.45) is 0 Å². The van der Waals surface area contributed by atoms with Gasteiger partial charge < -0.3 is 15.0 Å². The van der Waals surface area contributed by atoms with E-state index in [2.05, 4.69) is 10.2 Å². The molecule has 29 heavy (non-hydrogen) atoms. The molecule has 2 aliphatic heterocycles. The maximum Gasteiger partial charge on any atom is 0.243 e. The number of sulfonamides is 1. The maximum atomic E-state index is 13.1. The molecule has 0 spiro atoms. The lowest BCUT2D eigenvalue weighted by Gasteiger charge is -2.28. The fraction of sp³-hybridized carbons (Fsp3) is 0.667. The van der Waals surface area contributed by atoms with Gasteiger partial charge in [0.2, 0.25) is 15.9 Å². The molecule has 2 aliphatic rings. The number of nitrogens with zero attached hydrogens (tertiary/aromatic N) is 2. The number of amides is 1. The Balaban J connectivity index is 1.87. The highest BCUT2D eigenvalue weighted by atomic mass is 32.2. The van der Waals surface area contributed by atoms with Gasteiger partial charge in [0.1, 0.15) is 0 Å². The first-order chi connectivity index (χ1) is 14.0. The number of hydrogen-bond donors (Lipinski definition) is 1. The molecule has 1 N–H and O–H groups in total. The van der Waals surface area contributed by atoms with Crippen molar-refractivity contribution in [2.75, 3.05) is 43.0 Å². The van der Waals surface area contributed by atoms with Gasteiger partial charge in [-0.15, -0.1) is 0 Å². The van der Waals surface area contributed by atoms with Gasteiger partial charge in [-0.05, 0) is 57.7 Å². The van der Waals surface area contributed by atoms with Crippen molar-refractivity contribution >= 4 is 27.3 Å². The molecule has 2 heterocycles. The van der Waals surface area contributed by atoms with Crippen LogP contribution in [0, 0.1) is 0 Å². The molecule has 8 heteroatoms. The van der Waals surface area contributed by atoms with E-state index in [4.69, 9.17) is 4.74 Å². The third kappa shape index (κ3) is 5.29. The van der Waals surface area contributed by atoms with Crippen LogP contribution in [0.3, 0.4) is 0 Å². The van der Waals surface area contributed by atoms with Crippen molar-refractivity contribution in [3.8, 4) is 0 Å². The molecule has 1 aromatic rings. The summed E-state index contributed by atoms with van der Waals surface area (Å²) in [6.07, 6.45) is 4.96. The Labute approximate surface area is 174 Å². The summed E-state index contributed by atoms with van der Waals surface area (Å²) in [7, 11) is -3.56. The zero-order valence-corrected chi connectivity index (χ0v) is 18.3. The van der Waals surface area contributed by atoms with Crippen LogP contribution in [-0.4, -0.2) is 57.5 Å². The van der Waals surface area contributed by atoms with Crippen molar-refractivity contribution in [1.82, 2.24) is 4.31 Å². The van der Waals surface area contributed by atoms with E-state index in [0.717, 1.165) is 50.9 Å². The van der Waals surface area contributed by atoms with Gasteiger partial charge >= 0.3 is 0 Å². The molecule has 1 aromatic carbocycles. The molecule has 0 radical (unpaired) electrons. The van der Waals surface area contributed by atoms with Crippen LogP contribution in [-0.2, 0) is 19.6 Å². The Morgan fingerprint density at radius 3 is 2.52 bits per heavy atom.